The molecule has 0 aliphatic heterocycles. The van der Waals surface area contributed by atoms with Crippen molar-refractivity contribution in [1.82, 2.24) is 20.1 Å². The van der Waals surface area contributed by atoms with Crippen molar-refractivity contribution in [3.8, 4) is 0 Å². The van der Waals surface area contributed by atoms with E-state index in [1.165, 1.54) is 12.8 Å². The lowest BCUT2D eigenvalue weighted by molar-refractivity contribution is 0.0937. The summed E-state index contributed by atoms with van der Waals surface area (Å²) in [6.45, 7) is 1.89. The number of carbonyl (C=O) groups is 1. The predicted octanol–water partition coefficient (Wildman–Crippen LogP) is 4.19. The normalized spacial score (nSPS) is 16.5. The van der Waals surface area contributed by atoms with Crippen molar-refractivity contribution in [2.24, 2.45) is 0 Å². The van der Waals surface area contributed by atoms with Gasteiger partial charge in [-0.05, 0) is 31.9 Å². The monoisotopic (exact) mass is 352 g/mol. The Labute approximate surface area is 145 Å². The number of hydrogen-bond donors (Lipinski definition) is 1. The summed E-state index contributed by atoms with van der Waals surface area (Å²) in [5, 5.41) is 11.8. The second-order valence-electron chi connectivity index (χ2n) is 5.83. The third kappa shape index (κ3) is 3.35. The molecule has 1 atom stereocenters. The van der Waals surface area contributed by atoms with Gasteiger partial charge < -0.3 is 9.88 Å². The molecule has 1 amide bonds. The molecule has 2 aromatic rings. The molecule has 0 radical (unpaired) electrons. The fourth-order valence-electron chi connectivity index (χ4n) is 3.07. The van der Waals surface area contributed by atoms with Crippen molar-refractivity contribution in [2.45, 2.75) is 44.7 Å². The molecule has 0 saturated heterocycles. The fraction of sp³-hybridized carbons (Fsp3) is 0.438. The van der Waals surface area contributed by atoms with E-state index in [0.717, 1.165) is 18.7 Å². The highest BCUT2D eigenvalue weighted by Crippen LogP contribution is 2.31. The van der Waals surface area contributed by atoms with Crippen molar-refractivity contribution in [3.05, 3.63) is 46.0 Å². The Morgan fingerprint density at radius 2 is 1.96 bits per heavy atom. The maximum Gasteiger partial charge on any atom is 0.254 e. The molecule has 1 saturated carbocycles. The van der Waals surface area contributed by atoms with Gasteiger partial charge in [0.15, 0.2) is 5.82 Å². The lowest BCUT2D eigenvalue weighted by Gasteiger charge is -2.19. The summed E-state index contributed by atoms with van der Waals surface area (Å²) in [5.74, 6) is 0.447. The fourth-order valence-corrected chi connectivity index (χ4v) is 3.64. The van der Waals surface area contributed by atoms with Crippen LogP contribution in [0, 0.1) is 0 Å². The molecule has 1 aromatic carbocycles. The van der Waals surface area contributed by atoms with Crippen LogP contribution in [0.15, 0.2) is 24.5 Å². The van der Waals surface area contributed by atoms with Crippen molar-refractivity contribution >= 4 is 29.1 Å². The molecule has 1 heterocycles. The van der Waals surface area contributed by atoms with E-state index in [1.54, 1.807) is 24.5 Å². The molecule has 5 nitrogen and oxygen atoms in total. The molecule has 1 aliphatic rings. The first-order chi connectivity index (χ1) is 11.1. The first-order valence-electron chi connectivity index (χ1n) is 7.72. The van der Waals surface area contributed by atoms with E-state index < -0.39 is 0 Å². The summed E-state index contributed by atoms with van der Waals surface area (Å²) >= 11 is 12.2. The van der Waals surface area contributed by atoms with E-state index in [1.807, 2.05) is 6.92 Å². The second kappa shape index (κ2) is 6.89. The maximum atomic E-state index is 12.5. The SMILES string of the molecule is CC(NC(=O)c1c(Cl)cccc1Cl)c1nncn1C1CCCC1. The predicted molar refractivity (Wildman–Crippen MR) is 89.9 cm³/mol. The maximum absolute atomic E-state index is 12.5. The van der Waals surface area contributed by atoms with Crippen LogP contribution in [0.1, 0.15) is 60.9 Å². The summed E-state index contributed by atoms with van der Waals surface area (Å²) in [6.07, 6.45) is 6.44. The standard InChI is InChI=1S/C16H18Cl2N4O/c1-10(15-21-19-9-22(15)11-5-2-3-6-11)20-16(23)14-12(17)7-4-8-13(14)18/h4,7-11H,2-3,5-6H2,1H3,(H,20,23). The van der Waals surface area contributed by atoms with Gasteiger partial charge in [0.1, 0.15) is 6.33 Å². The summed E-state index contributed by atoms with van der Waals surface area (Å²) in [4.78, 5) is 12.5. The van der Waals surface area contributed by atoms with Crippen molar-refractivity contribution in [2.75, 3.05) is 0 Å². The number of hydrogen-bond acceptors (Lipinski definition) is 3. The van der Waals surface area contributed by atoms with Gasteiger partial charge in [0, 0.05) is 6.04 Å². The highest BCUT2D eigenvalue weighted by Gasteiger charge is 2.24. The lowest BCUT2D eigenvalue weighted by Crippen LogP contribution is -2.29. The van der Waals surface area contributed by atoms with Crippen LogP contribution in [0.5, 0.6) is 0 Å². The summed E-state index contributed by atoms with van der Waals surface area (Å²) in [5.41, 5.74) is 0.287. The van der Waals surface area contributed by atoms with Crippen LogP contribution in [0.4, 0.5) is 0 Å². The molecule has 1 N–H and O–H groups in total. The number of halogens is 2. The van der Waals surface area contributed by atoms with Crippen molar-refractivity contribution in [1.29, 1.82) is 0 Å². The van der Waals surface area contributed by atoms with Crippen LogP contribution in [-0.2, 0) is 0 Å². The van der Waals surface area contributed by atoms with Gasteiger partial charge in [-0.2, -0.15) is 0 Å². The van der Waals surface area contributed by atoms with Crippen LogP contribution in [0.3, 0.4) is 0 Å². The molecule has 122 valence electrons. The number of aromatic nitrogens is 3. The second-order valence-corrected chi connectivity index (χ2v) is 6.64. The molecule has 1 unspecified atom stereocenters. The average molecular weight is 353 g/mol. The summed E-state index contributed by atoms with van der Waals surface area (Å²) in [6, 6.07) is 5.14. The quantitative estimate of drug-likeness (QED) is 0.897. The minimum Gasteiger partial charge on any atom is -0.342 e. The number of nitrogens with one attached hydrogen (secondary N) is 1. The zero-order chi connectivity index (χ0) is 16.4. The van der Waals surface area contributed by atoms with Gasteiger partial charge in [0.05, 0.1) is 21.7 Å². The van der Waals surface area contributed by atoms with Crippen LogP contribution < -0.4 is 5.32 Å². The molecular formula is C16H18Cl2N4O. The van der Waals surface area contributed by atoms with Crippen LogP contribution in [0.2, 0.25) is 10.0 Å². The Hall–Kier alpha value is -1.59. The van der Waals surface area contributed by atoms with E-state index in [4.69, 9.17) is 23.2 Å². The average Bonchev–Trinajstić information content (AvgIpc) is 3.18. The summed E-state index contributed by atoms with van der Waals surface area (Å²) in [7, 11) is 0. The van der Waals surface area contributed by atoms with Crippen LogP contribution >= 0.6 is 23.2 Å². The zero-order valence-electron chi connectivity index (χ0n) is 12.8. The van der Waals surface area contributed by atoms with E-state index in [0.29, 0.717) is 16.1 Å². The highest BCUT2D eigenvalue weighted by molar-refractivity contribution is 6.39. The Balaban J connectivity index is 1.78. The first kappa shape index (κ1) is 16.3. The number of nitrogens with zero attached hydrogens (tertiary/aromatic N) is 3. The Morgan fingerprint density at radius 1 is 1.30 bits per heavy atom. The smallest absolute Gasteiger partial charge is 0.254 e. The van der Waals surface area contributed by atoms with Gasteiger partial charge in [-0.25, -0.2) is 0 Å². The molecule has 1 aromatic heterocycles. The molecule has 0 spiro atoms. The van der Waals surface area contributed by atoms with Crippen molar-refractivity contribution < 1.29 is 4.79 Å². The number of benzene rings is 1. The molecule has 3 rings (SSSR count). The number of rotatable bonds is 4. The largest absolute Gasteiger partial charge is 0.342 e. The van der Waals surface area contributed by atoms with E-state index in [9.17, 15) is 4.79 Å². The van der Waals surface area contributed by atoms with E-state index in [-0.39, 0.29) is 17.5 Å². The number of amides is 1. The van der Waals surface area contributed by atoms with Gasteiger partial charge in [-0.1, -0.05) is 42.1 Å². The van der Waals surface area contributed by atoms with E-state index >= 15 is 0 Å². The third-order valence-corrected chi connectivity index (χ3v) is 4.87. The van der Waals surface area contributed by atoms with Gasteiger partial charge >= 0.3 is 0 Å². The third-order valence-electron chi connectivity index (χ3n) is 4.24. The summed E-state index contributed by atoms with van der Waals surface area (Å²) < 4.78 is 2.08. The molecule has 0 bridgehead atoms. The highest BCUT2D eigenvalue weighted by atomic mass is 35.5. The number of carbonyl (C=O) groups excluding carboxylic acids is 1. The van der Waals surface area contributed by atoms with Gasteiger partial charge in [0.2, 0.25) is 0 Å². The van der Waals surface area contributed by atoms with Gasteiger partial charge in [-0.15, -0.1) is 10.2 Å². The topological polar surface area (TPSA) is 59.8 Å². The van der Waals surface area contributed by atoms with Crippen molar-refractivity contribution in [3.63, 3.8) is 0 Å². The lowest BCUT2D eigenvalue weighted by atomic mass is 10.2. The van der Waals surface area contributed by atoms with Crippen LogP contribution in [0.25, 0.3) is 0 Å². The molecular weight excluding hydrogens is 335 g/mol. The molecule has 7 heteroatoms. The van der Waals surface area contributed by atoms with Gasteiger partial charge in [0.25, 0.3) is 5.91 Å². The van der Waals surface area contributed by atoms with Crippen LogP contribution in [-0.4, -0.2) is 20.7 Å². The van der Waals surface area contributed by atoms with Gasteiger partial charge in [-0.3, -0.25) is 4.79 Å². The Bertz CT molecular complexity index is 690. The Morgan fingerprint density at radius 3 is 2.61 bits per heavy atom. The first-order valence-corrected chi connectivity index (χ1v) is 8.48. The minimum absolute atomic E-state index is 0.280. The molecule has 23 heavy (non-hydrogen) atoms. The Kier molecular flexibility index (Phi) is 4.87. The molecule has 1 fully saturated rings. The molecule has 1 aliphatic carbocycles. The zero-order valence-corrected chi connectivity index (χ0v) is 14.3. The van der Waals surface area contributed by atoms with E-state index in [2.05, 4.69) is 20.1 Å². The minimum atomic E-state index is -0.311.